The van der Waals surface area contributed by atoms with Gasteiger partial charge in [0.15, 0.2) is 5.11 Å². The minimum atomic E-state index is -0.186. The molecule has 0 radical (unpaired) electrons. The van der Waals surface area contributed by atoms with Crippen LogP contribution in [0.5, 0.6) is 0 Å². The van der Waals surface area contributed by atoms with Crippen LogP contribution in [0.1, 0.15) is 32.3 Å². The Balaban J connectivity index is 2.42. The molecule has 0 spiro atoms. The molecule has 0 unspecified atom stereocenters. The maximum absolute atomic E-state index is 10.7. The molecule has 5 heteroatoms. The van der Waals surface area contributed by atoms with Gasteiger partial charge < -0.3 is 5.32 Å². The summed E-state index contributed by atoms with van der Waals surface area (Å²) in [6.07, 6.45) is 3.51. The van der Waals surface area contributed by atoms with Crippen LogP contribution in [-0.4, -0.2) is 11.0 Å². The third-order valence-corrected chi connectivity index (χ3v) is 2.59. The standard InChI is InChI=1S/C13H19N3OS/c1-3-4-5-11-6-8-12(9-7-11)14-13(18)16-15-10(2)17/h6-9H,3-5H2,1-2H3,(H,15,17)(H2,14,16,18). The number of unbranched alkanes of at least 4 members (excludes halogenated alkanes) is 1. The van der Waals surface area contributed by atoms with Crippen LogP contribution in [0, 0.1) is 0 Å². The molecule has 1 rings (SSSR count). The van der Waals surface area contributed by atoms with E-state index in [1.807, 2.05) is 12.1 Å². The minimum Gasteiger partial charge on any atom is -0.331 e. The van der Waals surface area contributed by atoms with Gasteiger partial charge in [-0.25, -0.2) is 0 Å². The van der Waals surface area contributed by atoms with E-state index in [2.05, 4.69) is 35.2 Å². The number of carbonyl (C=O) groups excluding carboxylic acids is 1. The maximum atomic E-state index is 10.7. The van der Waals surface area contributed by atoms with Crippen molar-refractivity contribution in [3.05, 3.63) is 29.8 Å². The van der Waals surface area contributed by atoms with Gasteiger partial charge in [-0.3, -0.25) is 15.6 Å². The summed E-state index contributed by atoms with van der Waals surface area (Å²) >= 11 is 5.02. The molecule has 4 nitrogen and oxygen atoms in total. The Morgan fingerprint density at radius 2 is 1.89 bits per heavy atom. The fourth-order valence-electron chi connectivity index (χ4n) is 1.44. The molecule has 0 atom stereocenters. The SMILES string of the molecule is CCCCc1ccc(NC(=S)NNC(C)=O)cc1. The summed E-state index contributed by atoms with van der Waals surface area (Å²) in [5, 5.41) is 3.35. The van der Waals surface area contributed by atoms with Crippen molar-refractivity contribution in [1.82, 2.24) is 10.9 Å². The summed E-state index contributed by atoms with van der Waals surface area (Å²) in [6.45, 7) is 3.60. The van der Waals surface area contributed by atoms with Gasteiger partial charge in [-0.2, -0.15) is 0 Å². The number of hydrogen-bond donors (Lipinski definition) is 3. The molecule has 0 saturated carbocycles. The smallest absolute Gasteiger partial charge is 0.235 e. The highest BCUT2D eigenvalue weighted by molar-refractivity contribution is 7.80. The van der Waals surface area contributed by atoms with Crippen LogP contribution in [0.2, 0.25) is 0 Å². The van der Waals surface area contributed by atoms with E-state index in [9.17, 15) is 4.79 Å². The van der Waals surface area contributed by atoms with Crippen molar-refractivity contribution in [2.45, 2.75) is 33.1 Å². The van der Waals surface area contributed by atoms with Crippen molar-refractivity contribution < 1.29 is 4.79 Å². The lowest BCUT2D eigenvalue weighted by Gasteiger charge is -2.10. The van der Waals surface area contributed by atoms with Gasteiger partial charge in [0, 0.05) is 12.6 Å². The Morgan fingerprint density at radius 1 is 1.22 bits per heavy atom. The second kappa shape index (κ2) is 7.66. The van der Waals surface area contributed by atoms with Gasteiger partial charge in [0.1, 0.15) is 0 Å². The molecule has 0 saturated heterocycles. The number of thiocarbonyl (C=S) groups is 1. The Morgan fingerprint density at radius 3 is 2.44 bits per heavy atom. The number of amides is 1. The summed E-state index contributed by atoms with van der Waals surface area (Å²) in [7, 11) is 0. The van der Waals surface area contributed by atoms with E-state index in [0.29, 0.717) is 5.11 Å². The quantitative estimate of drug-likeness (QED) is 0.578. The van der Waals surface area contributed by atoms with Gasteiger partial charge in [-0.05, 0) is 42.8 Å². The van der Waals surface area contributed by atoms with Crippen LogP contribution in [0.15, 0.2) is 24.3 Å². The number of rotatable bonds is 4. The van der Waals surface area contributed by atoms with Crippen LogP contribution < -0.4 is 16.2 Å². The first-order valence-corrected chi connectivity index (χ1v) is 6.45. The molecule has 1 amide bonds. The number of anilines is 1. The summed E-state index contributed by atoms with van der Waals surface area (Å²) in [5.74, 6) is -0.186. The van der Waals surface area contributed by atoms with Gasteiger partial charge in [0.25, 0.3) is 0 Å². The molecule has 0 bridgehead atoms. The summed E-state index contributed by atoms with van der Waals surface area (Å²) in [4.78, 5) is 10.7. The van der Waals surface area contributed by atoms with E-state index in [0.717, 1.165) is 12.1 Å². The van der Waals surface area contributed by atoms with Crippen LogP contribution >= 0.6 is 12.2 Å². The molecule has 0 fully saturated rings. The van der Waals surface area contributed by atoms with E-state index in [1.165, 1.54) is 25.3 Å². The van der Waals surface area contributed by atoms with E-state index in [1.54, 1.807) is 0 Å². The summed E-state index contributed by atoms with van der Waals surface area (Å²) in [5.41, 5.74) is 7.24. The van der Waals surface area contributed by atoms with Crippen LogP contribution in [0.25, 0.3) is 0 Å². The largest absolute Gasteiger partial charge is 0.331 e. The second-order valence-electron chi connectivity index (χ2n) is 4.06. The average Bonchev–Trinajstić information content (AvgIpc) is 2.35. The van der Waals surface area contributed by atoms with Gasteiger partial charge in [-0.15, -0.1) is 0 Å². The lowest BCUT2D eigenvalue weighted by molar-refractivity contribution is -0.119. The predicted octanol–water partition coefficient (Wildman–Crippen LogP) is 2.37. The first kappa shape index (κ1) is 14.4. The molecule has 18 heavy (non-hydrogen) atoms. The van der Waals surface area contributed by atoms with Crippen LogP contribution in [0.4, 0.5) is 5.69 Å². The Bertz CT molecular complexity index is 403. The first-order chi connectivity index (χ1) is 8.61. The van der Waals surface area contributed by atoms with Gasteiger partial charge in [-0.1, -0.05) is 25.5 Å². The van der Waals surface area contributed by atoms with Crippen LogP contribution in [0.3, 0.4) is 0 Å². The summed E-state index contributed by atoms with van der Waals surface area (Å²) < 4.78 is 0. The van der Waals surface area contributed by atoms with Crippen LogP contribution in [-0.2, 0) is 11.2 Å². The zero-order valence-electron chi connectivity index (χ0n) is 10.7. The van der Waals surface area contributed by atoms with Gasteiger partial charge in [0.05, 0.1) is 0 Å². The number of carbonyl (C=O) groups is 1. The fourth-order valence-corrected chi connectivity index (χ4v) is 1.61. The number of hydrogen-bond acceptors (Lipinski definition) is 2. The molecule has 0 heterocycles. The number of benzene rings is 1. The molecule has 1 aromatic rings. The molecule has 3 N–H and O–H groups in total. The van der Waals surface area contributed by atoms with E-state index in [-0.39, 0.29) is 5.91 Å². The highest BCUT2D eigenvalue weighted by Crippen LogP contribution is 2.11. The van der Waals surface area contributed by atoms with Crippen molar-refractivity contribution in [3.63, 3.8) is 0 Å². The van der Waals surface area contributed by atoms with Gasteiger partial charge >= 0.3 is 0 Å². The molecular formula is C13H19N3OS. The molecule has 98 valence electrons. The zero-order chi connectivity index (χ0) is 13.4. The van der Waals surface area contributed by atoms with Crippen molar-refractivity contribution in [1.29, 1.82) is 0 Å². The van der Waals surface area contributed by atoms with Crippen molar-refractivity contribution in [2.75, 3.05) is 5.32 Å². The summed E-state index contributed by atoms with van der Waals surface area (Å²) in [6, 6.07) is 8.12. The average molecular weight is 265 g/mol. The highest BCUT2D eigenvalue weighted by Gasteiger charge is 1.98. The number of nitrogens with one attached hydrogen (secondary N) is 3. The topological polar surface area (TPSA) is 53.2 Å². The maximum Gasteiger partial charge on any atom is 0.235 e. The monoisotopic (exact) mass is 265 g/mol. The molecule has 0 aromatic heterocycles. The predicted molar refractivity (Wildman–Crippen MR) is 78.2 cm³/mol. The molecule has 0 aliphatic carbocycles. The fraction of sp³-hybridized carbons (Fsp3) is 0.385. The molecule has 0 aliphatic rings. The van der Waals surface area contributed by atoms with E-state index < -0.39 is 0 Å². The molecule has 0 aliphatic heterocycles. The lowest BCUT2D eigenvalue weighted by Crippen LogP contribution is -2.42. The molecular weight excluding hydrogens is 246 g/mol. The Kier molecular flexibility index (Phi) is 6.14. The highest BCUT2D eigenvalue weighted by atomic mass is 32.1. The van der Waals surface area contributed by atoms with E-state index >= 15 is 0 Å². The minimum absolute atomic E-state index is 0.186. The number of hydrazine groups is 1. The van der Waals surface area contributed by atoms with Crippen molar-refractivity contribution in [3.8, 4) is 0 Å². The normalized spacial score (nSPS) is 9.67. The lowest BCUT2D eigenvalue weighted by atomic mass is 10.1. The van der Waals surface area contributed by atoms with Gasteiger partial charge in [0.2, 0.25) is 5.91 Å². The number of aryl methyl sites for hydroxylation is 1. The van der Waals surface area contributed by atoms with Crippen molar-refractivity contribution >= 4 is 28.9 Å². The third-order valence-electron chi connectivity index (χ3n) is 2.38. The van der Waals surface area contributed by atoms with E-state index in [4.69, 9.17) is 12.2 Å². The Labute approximate surface area is 113 Å². The molecule has 1 aromatic carbocycles. The third kappa shape index (κ3) is 5.63. The Hall–Kier alpha value is -1.62. The first-order valence-electron chi connectivity index (χ1n) is 6.04. The second-order valence-corrected chi connectivity index (χ2v) is 4.47. The van der Waals surface area contributed by atoms with Crippen molar-refractivity contribution in [2.24, 2.45) is 0 Å². The zero-order valence-corrected chi connectivity index (χ0v) is 11.6.